The van der Waals surface area contributed by atoms with Crippen molar-refractivity contribution in [3.8, 4) is 5.75 Å². The van der Waals surface area contributed by atoms with Crippen LogP contribution in [0.15, 0.2) is 51.7 Å². The third-order valence-corrected chi connectivity index (χ3v) is 5.14. The lowest BCUT2D eigenvalue weighted by molar-refractivity contribution is -0.130. The molecule has 3 rings (SSSR count). The maximum atomic E-state index is 12.5. The van der Waals surface area contributed by atoms with Gasteiger partial charge in [0.25, 0.3) is 0 Å². The lowest BCUT2D eigenvalue weighted by atomic mass is 10.0. The first kappa shape index (κ1) is 20.6. The van der Waals surface area contributed by atoms with Crippen LogP contribution in [0.25, 0.3) is 11.0 Å². The van der Waals surface area contributed by atoms with Crippen LogP contribution in [0.5, 0.6) is 5.75 Å². The first-order valence-electron chi connectivity index (χ1n) is 9.81. The summed E-state index contributed by atoms with van der Waals surface area (Å²) in [6, 6.07) is 13.6. The van der Waals surface area contributed by atoms with E-state index in [9.17, 15) is 9.59 Å². The van der Waals surface area contributed by atoms with Crippen LogP contribution >= 0.6 is 0 Å². The van der Waals surface area contributed by atoms with Gasteiger partial charge in [-0.3, -0.25) is 4.79 Å². The zero-order valence-electron chi connectivity index (χ0n) is 17.5. The third-order valence-electron chi connectivity index (χ3n) is 5.14. The molecule has 5 heteroatoms. The summed E-state index contributed by atoms with van der Waals surface area (Å²) in [5, 5.41) is 0.914. The fraction of sp³-hybridized carbons (Fsp3) is 0.333. The molecule has 0 unspecified atom stereocenters. The summed E-state index contributed by atoms with van der Waals surface area (Å²) in [7, 11) is 1.75. The summed E-state index contributed by atoms with van der Waals surface area (Å²) in [5.41, 5.74) is 3.85. The topological polar surface area (TPSA) is 59.8 Å². The fourth-order valence-electron chi connectivity index (χ4n) is 3.34. The molecule has 29 heavy (non-hydrogen) atoms. The maximum Gasteiger partial charge on any atom is 0.339 e. The Bertz CT molecular complexity index is 1080. The Hall–Kier alpha value is -3.08. The van der Waals surface area contributed by atoms with Crippen molar-refractivity contribution in [1.82, 2.24) is 4.90 Å². The van der Waals surface area contributed by atoms with Crippen molar-refractivity contribution in [2.24, 2.45) is 0 Å². The molecule has 0 N–H and O–H groups in total. The highest BCUT2D eigenvalue weighted by molar-refractivity contribution is 5.82. The number of ether oxygens (including phenoxy) is 1. The number of benzene rings is 2. The molecule has 0 fully saturated rings. The standard InChI is InChI=1S/C24H27NO4/c1-16-6-5-7-19(14-16)28-13-12-25(4)23(26)11-10-21-18(3)20-9-8-17(2)15-22(20)29-24(21)27/h5-9,14-15H,10-13H2,1-4H3. The number of carbonyl (C=O) groups is 1. The van der Waals surface area contributed by atoms with Gasteiger partial charge in [-0.2, -0.15) is 0 Å². The number of likely N-dealkylation sites (N-methyl/N-ethyl adjacent to an activating group) is 1. The summed E-state index contributed by atoms with van der Waals surface area (Å²) in [6.07, 6.45) is 0.615. The number of aryl methyl sites for hydroxylation is 3. The van der Waals surface area contributed by atoms with Crippen LogP contribution in [-0.2, 0) is 11.2 Å². The molecule has 0 bridgehead atoms. The molecule has 1 amide bonds. The van der Waals surface area contributed by atoms with E-state index in [0.29, 0.717) is 30.7 Å². The Balaban J connectivity index is 1.58. The highest BCUT2D eigenvalue weighted by atomic mass is 16.5. The molecule has 0 aliphatic rings. The second-order valence-electron chi connectivity index (χ2n) is 7.47. The molecule has 1 aromatic heterocycles. The number of nitrogens with zero attached hydrogens (tertiary/aromatic N) is 1. The van der Waals surface area contributed by atoms with Crippen molar-refractivity contribution < 1.29 is 13.9 Å². The molecule has 1 heterocycles. The molecule has 0 saturated carbocycles. The number of rotatable bonds is 7. The van der Waals surface area contributed by atoms with Crippen molar-refractivity contribution in [2.75, 3.05) is 20.2 Å². The lowest BCUT2D eigenvalue weighted by Crippen LogP contribution is -2.31. The van der Waals surface area contributed by atoms with Crippen molar-refractivity contribution in [3.63, 3.8) is 0 Å². The quantitative estimate of drug-likeness (QED) is 0.565. The zero-order chi connectivity index (χ0) is 21.0. The van der Waals surface area contributed by atoms with E-state index in [1.54, 1.807) is 11.9 Å². The van der Waals surface area contributed by atoms with Gasteiger partial charge in [-0.25, -0.2) is 4.79 Å². The van der Waals surface area contributed by atoms with E-state index in [1.807, 2.05) is 63.2 Å². The first-order chi connectivity index (χ1) is 13.8. The molecular weight excluding hydrogens is 366 g/mol. The lowest BCUT2D eigenvalue weighted by Gasteiger charge is -2.18. The number of hydrogen-bond acceptors (Lipinski definition) is 4. The Morgan fingerprint density at radius 2 is 1.83 bits per heavy atom. The monoisotopic (exact) mass is 393 g/mol. The van der Waals surface area contributed by atoms with Crippen LogP contribution in [-0.4, -0.2) is 31.0 Å². The number of amides is 1. The molecule has 5 nitrogen and oxygen atoms in total. The van der Waals surface area contributed by atoms with Gasteiger partial charge in [-0.15, -0.1) is 0 Å². The highest BCUT2D eigenvalue weighted by Gasteiger charge is 2.15. The summed E-state index contributed by atoms with van der Waals surface area (Å²) in [6.45, 7) is 6.78. The van der Waals surface area contributed by atoms with Crippen LogP contribution in [0.3, 0.4) is 0 Å². The summed E-state index contributed by atoms with van der Waals surface area (Å²) in [5.74, 6) is 0.770. The first-order valence-corrected chi connectivity index (χ1v) is 9.81. The normalized spacial score (nSPS) is 10.9. The highest BCUT2D eigenvalue weighted by Crippen LogP contribution is 2.21. The second kappa shape index (κ2) is 8.95. The minimum atomic E-state index is -0.362. The van der Waals surface area contributed by atoms with Gasteiger partial charge in [0.05, 0.1) is 6.54 Å². The van der Waals surface area contributed by atoms with E-state index in [-0.39, 0.29) is 18.0 Å². The molecule has 0 spiro atoms. The van der Waals surface area contributed by atoms with Gasteiger partial charge in [-0.1, -0.05) is 24.3 Å². The number of hydrogen-bond donors (Lipinski definition) is 0. The summed E-state index contributed by atoms with van der Waals surface area (Å²) < 4.78 is 11.2. The average molecular weight is 393 g/mol. The predicted octanol–water partition coefficient (Wildman–Crippen LogP) is 4.19. The van der Waals surface area contributed by atoms with E-state index in [2.05, 4.69) is 0 Å². The second-order valence-corrected chi connectivity index (χ2v) is 7.47. The van der Waals surface area contributed by atoms with Gasteiger partial charge in [0, 0.05) is 24.4 Å². The van der Waals surface area contributed by atoms with Crippen molar-refractivity contribution in [2.45, 2.75) is 33.6 Å². The van der Waals surface area contributed by atoms with Crippen LogP contribution < -0.4 is 10.4 Å². The molecule has 0 aliphatic heterocycles. The Morgan fingerprint density at radius 3 is 2.59 bits per heavy atom. The fourth-order valence-corrected chi connectivity index (χ4v) is 3.34. The van der Waals surface area contributed by atoms with Crippen molar-refractivity contribution >= 4 is 16.9 Å². The van der Waals surface area contributed by atoms with Crippen LogP contribution in [0, 0.1) is 20.8 Å². The molecule has 0 atom stereocenters. The maximum absolute atomic E-state index is 12.5. The predicted molar refractivity (Wildman–Crippen MR) is 115 cm³/mol. The third kappa shape index (κ3) is 5.05. The zero-order valence-corrected chi connectivity index (χ0v) is 17.5. The van der Waals surface area contributed by atoms with E-state index < -0.39 is 0 Å². The van der Waals surface area contributed by atoms with Crippen LogP contribution in [0.2, 0.25) is 0 Å². The van der Waals surface area contributed by atoms with Gasteiger partial charge in [-0.05, 0) is 62.1 Å². The van der Waals surface area contributed by atoms with Crippen LogP contribution in [0.4, 0.5) is 0 Å². The molecule has 0 radical (unpaired) electrons. The molecular formula is C24H27NO4. The Kier molecular flexibility index (Phi) is 6.37. The summed E-state index contributed by atoms with van der Waals surface area (Å²) in [4.78, 5) is 26.5. The minimum absolute atomic E-state index is 0.0272. The molecule has 3 aromatic rings. The van der Waals surface area contributed by atoms with Gasteiger partial charge < -0.3 is 14.1 Å². The number of carbonyl (C=O) groups excluding carboxylic acids is 1. The smallest absolute Gasteiger partial charge is 0.339 e. The summed E-state index contributed by atoms with van der Waals surface area (Å²) >= 11 is 0. The molecule has 152 valence electrons. The minimum Gasteiger partial charge on any atom is -0.492 e. The van der Waals surface area contributed by atoms with Gasteiger partial charge in [0.2, 0.25) is 5.91 Å². The number of fused-ring (bicyclic) bond motifs is 1. The molecule has 2 aromatic carbocycles. The molecule has 0 saturated heterocycles. The van der Waals surface area contributed by atoms with Crippen LogP contribution in [0.1, 0.15) is 28.7 Å². The average Bonchev–Trinajstić information content (AvgIpc) is 2.67. The van der Waals surface area contributed by atoms with Gasteiger partial charge in [0.1, 0.15) is 17.9 Å². The Labute approximate surface area is 170 Å². The van der Waals surface area contributed by atoms with E-state index >= 15 is 0 Å². The van der Waals surface area contributed by atoms with Crippen molar-refractivity contribution in [1.29, 1.82) is 0 Å². The molecule has 0 aliphatic carbocycles. The van der Waals surface area contributed by atoms with E-state index in [0.717, 1.165) is 27.8 Å². The van der Waals surface area contributed by atoms with E-state index in [1.165, 1.54) is 0 Å². The van der Waals surface area contributed by atoms with Gasteiger partial charge >= 0.3 is 5.63 Å². The Morgan fingerprint density at radius 1 is 1.07 bits per heavy atom. The SMILES string of the molecule is Cc1cccc(OCCN(C)C(=O)CCc2c(C)c3ccc(C)cc3oc2=O)c1. The van der Waals surface area contributed by atoms with Gasteiger partial charge in [0.15, 0.2) is 0 Å². The van der Waals surface area contributed by atoms with Crippen molar-refractivity contribution in [3.05, 3.63) is 75.1 Å². The van der Waals surface area contributed by atoms with E-state index in [4.69, 9.17) is 9.15 Å². The largest absolute Gasteiger partial charge is 0.492 e.